The van der Waals surface area contributed by atoms with Gasteiger partial charge >= 0.3 is 5.97 Å². The van der Waals surface area contributed by atoms with Gasteiger partial charge in [-0.2, -0.15) is 0 Å². The molecule has 0 aliphatic carbocycles. The molecule has 4 aromatic rings. The largest absolute Gasteiger partial charge is 0.478 e. The molecule has 30 heavy (non-hydrogen) atoms. The van der Waals surface area contributed by atoms with Gasteiger partial charge in [0.05, 0.1) is 16.2 Å². The number of anilines is 1. The number of aromatic carboxylic acids is 1. The maximum atomic E-state index is 12.4. The van der Waals surface area contributed by atoms with E-state index in [0.29, 0.717) is 10.8 Å². The molecular weight excluding hydrogens is 420 g/mol. The van der Waals surface area contributed by atoms with Gasteiger partial charge in [-0.3, -0.25) is 9.36 Å². The quantitative estimate of drug-likeness (QED) is 0.416. The summed E-state index contributed by atoms with van der Waals surface area (Å²) in [6.07, 6.45) is 0. The monoisotopic (exact) mass is 436 g/mol. The van der Waals surface area contributed by atoms with Crippen molar-refractivity contribution in [2.75, 3.05) is 11.1 Å². The Hall–Kier alpha value is -3.43. The van der Waals surface area contributed by atoms with Crippen molar-refractivity contribution < 1.29 is 14.7 Å². The first-order valence-electron chi connectivity index (χ1n) is 8.92. The van der Waals surface area contributed by atoms with Gasteiger partial charge in [0.2, 0.25) is 5.91 Å². The van der Waals surface area contributed by atoms with E-state index in [1.54, 1.807) is 23.5 Å². The third-order valence-corrected chi connectivity index (χ3v) is 5.93. The fourth-order valence-corrected chi connectivity index (χ4v) is 4.21. The summed E-state index contributed by atoms with van der Waals surface area (Å²) in [7, 11) is 0. The summed E-state index contributed by atoms with van der Waals surface area (Å²) in [6, 6.07) is 19.7. The van der Waals surface area contributed by atoms with Crippen LogP contribution in [0.3, 0.4) is 0 Å². The normalized spacial score (nSPS) is 10.7. The molecule has 2 aromatic carbocycles. The number of amides is 1. The SMILES string of the molecule is O=C(CSc1nnc(-c2cccs2)n1-c1ccccc1)Nc1ccc(C(=O)O)cc1. The van der Waals surface area contributed by atoms with Crippen molar-refractivity contribution in [1.29, 1.82) is 0 Å². The van der Waals surface area contributed by atoms with Crippen LogP contribution in [-0.4, -0.2) is 37.5 Å². The van der Waals surface area contributed by atoms with Crippen molar-refractivity contribution in [3.8, 4) is 16.4 Å². The zero-order valence-electron chi connectivity index (χ0n) is 15.6. The first-order valence-corrected chi connectivity index (χ1v) is 10.8. The lowest BCUT2D eigenvalue weighted by Gasteiger charge is -2.09. The number of nitrogens with one attached hydrogen (secondary N) is 1. The van der Waals surface area contributed by atoms with Gasteiger partial charge in [0.25, 0.3) is 0 Å². The van der Waals surface area contributed by atoms with E-state index in [1.165, 1.54) is 23.9 Å². The van der Waals surface area contributed by atoms with Crippen molar-refractivity contribution >= 4 is 40.7 Å². The Bertz CT molecular complexity index is 1160. The molecule has 0 aliphatic heterocycles. The number of nitrogens with zero attached hydrogens (tertiary/aromatic N) is 3. The average molecular weight is 437 g/mol. The van der Waals surface area contributed by atoms with Crippen molar-refractivity contribution in [3.63, 3.8) is 0 Å². The Morgan fingerprint density at radius 1 is 1.00 bits per heavy atom. The fourth-order valence-electron chi connectivity index (χ4n) is 2.76. The van der Waals surface area contributed by atoms with Crippen LogP contribution in [0, 0.1) is 0 Å². The topological polar surface area (TPSA) is 97.1 Å². The molecular formula is C21H16N4O3S2. The van der Waals surface area contributed by atoms with Crippen LogP contribution in [0.1, 0.15) is 10.4 Å². The molecule has 0 radical (unpaired) electrons. The number of carbonyl (C=O) groups is 2. The molecule has 0 saturated carbocycles. The zero-order valence-corrected chi connectivity index (χ0v) is 17.2. The summed E-state index contributed by atoms with van der Waals surface area (Å²) in [5.41, 5.74) is 1.62. The number of thiophene rings is 1. The van der Waals surface area contributed by atoms with Crippen LogP contribution in [0.5, 0.6) is 0 Å². The number of carbonyl (C=O) groups excluding carboxylic acids is 1. The molecule has 1 amide bonds. The standard InChI is InChI=1S/C21H16N4O3S2/c26-18(22-15-10-8-14(9-11-15)20(27)28)13-30-21-24-23-19(17-7-4-12-29-17)25(21)16-5-2-1-3-6-16/h1-12H,13H2,(H,22,26)(H,27,28). The molecule has 2 N–H and O–H groups in total. The van der Waals surface area contributed by atoms with Crippen molar-refractivity contribution in [2.24, 2.45) is 0 Å². The molecule has 0 spiro atoms. The molecule has 0 saturated heterocycles. The van der Waals surface area contributed by atoms with E-state index in [-0.39, 0.29) is 17.2 Å². The van der Waals surface area contributed by atoms with E-state index in [4.69, 9.17) is 5.11 Å². The second kappa shape index (κ2) is 8.93. The number of hydrogen-bond donors (Lipinski definition) is 2. The third-order valence-electron chi connectivity index (χ3n) is 4.14. The fraction of sp³-hybridized carbons (Fsp3) is 0.0476. The minimum atomic E-state index is -1.01. The molecule has 0 bridgehead atoms. The first-order chi connectivity index (χ1) is 14.6. The maximum absolute atomic E-state index is 12.4. The van der Waals surface area contributed by atoms with Crippen LogP contribution in [0.15, 0.2) is 77.3 Å². The Labute approximate surface area is 180 Å². The predicted octanol–water partition coefficient (Wildman–Crippen LogP) is 4.42. The average Bonchev–Trinajstić information content (AvgIpc) is 3.43. The van der Waals surface area contributed by atoms with Gasteiger partial charge in [0.1, 0.15) is 0 Å². The maximum Gasteiger partial charge on any atom is 0.335 e. The number of hydrogen-bond acceptors (Lipinski definition) is 6. The summed E-state index contributed by atoms with van der Waals surface area (Å²) < 4.78 is 1.94. The third kappa shape index (κ3) is 4.42. The Morgan fingerprint density at radius 2 is 1.77 bits per heavy atom. The van der Waals surface area contributed by atoms with E-state index >= 15 is 0 Å². The van der Waals surface area contributed by atoms with Gasteiger partial charge in [-0.15, -0.1) is 21.5 Å². The number of rotatable bonds is 7. The zero-order chi connectivity index (χ0) is 20.9. The van der Waals surface area contributed by atoms with Crippen LogP contribution >= 0.6 is 23.1 Å². The Balaban J connectivity index is 1.50. The summed E-state index contributed by atoms with van der Waals surface area (Å²) in [5, 5.41) is 22.9. The van der Waals surface area contributed by atoms with Gasteiger partial charge in [-0.25, -0.2) is 4.79 Å². The predicted molar refractivity (Wildman–Crippen MR) is 117 cm³/mol. The highest BCUT2D eigenvalue weighted by molar-refractivity contribution is 7.99. The van der Waals surface area contributed by atoms with Gasteiger partial charge in [0, 0.05) is 11.4 Å². The number of aromatic nitrogens is 3. The van der Waals surface area contributed by atoms with Crippen molar-refractivity contribution in [1.82, 2.24) is 14.8 Å². The summed E-state index contributed by atoms with van der Waals surface area (Å²) in [4.78, 5) is 24.3. The van der Waals surface area contributed by atoms with Crippen molar-refractivity contribution in [3.05, 3.63) is 77.7 Å². The second-order valence-corrected chi connectivity index (χ2v) is 8.06. The minimum Gasteiger partial charge on any atom is -0.478 e. The molecule has 0 aliphatic rings. The molecule has 9 heteroatoms. The van der Waals surface area contributed by atoms with E-state index in [9.17, 15) is 9.59 Å². The first kappa shape index (κ1) is 19.9. The molecule has 0 unspecified atom stereocenters. The number of carboxylic acids is 1. The molecule has 4 rings (SSSR count). The number of para-hydroxylation sites is 1. The van der Waals surface area contributed by atoms with Crippen LogP contribution < -0.4 is 5.32 Å². The highest BCUT2D eigenvalue weighted by atomic mass is 32.2. The molecule has 2 heterocycles. The highest BCUT2D eigenvalue weighted by Crippen LogP contribution is 2.30. The van der Waals surface area contributed by atoms with E-state index in [0.717, 1.165) is 16.4 Å². The minimum absolute atomic E-state index is 0.135. The molecule has 150 valence electrons. The molecule has 2 aromatic heterocycles. The molecule has 0 fully saturated rings. The number of thioether (sulfide) groups is 1. The van der Waals surface area contributed by atoms with Crippen LogP contribution in [0.4, 0.5) is 5.69 Å². The van der Waals surface area contributed by atoms with Crippen LogP contribution in [0.25, 0.3) is 16.4 Å². The lowest BCUT2D eigenvalue weighted by atomic mass is 10.2. The van der Waals surface area contributed by atoms with Crippen molar-refractivity contribution in [2.45, 2.75) is 5.16 Å². The summed E-state index contributed by atoms with van der Waals surface area (Å²) in [6.45, 7) is 0. The lowest BCUT2D eigenvalue weighted by Crippen LogP contribution is -2.14. The molecule has 7 nitrogen and oxygen atoms in total. The lowest BCUT2D eigenvalue weighted by molar-refractivity contribution is -0.113. The van der Waals surface area contributed by atoms with Gasteiger partial charge < -0.3 is 10.4 Å². The second-order valence-electron chi connectivity index (χ2n) is 6.17. The van der Waals surface area contributed by atoms with Crippen LogP contribution in [-0.2, 0) is 4.79 Å². The van der Waals surface area contributed by atoms with Gasteiger partial charge in [-0.1, -0.05) is 36.0 Å². The van der Waals surface area contributed by atoms with Gasteiger partial charge in [-0.05, 0) is 47.8 Å². The number of benzene rings is 2. The summed E-state index contributed by atoms with van der Waals surface area (Å²) in [5.74, 6) is -0.368. The highest BCUT2D eigenvalue weighted by Gasteiger charge is 2.18. The summed E-state index contributed by atoms with van der Waals surface area (Å²) >= 11 is 2.86. The van der Waals surface area contributed by atoms with E-state index in [1.807, 2.05) is 52.4 Å². The van der Waals surface area contributed by atoms with Crippen LogP contribution in [0.2, 0.25) is 0 Å². The Kier molecular flexibility index (Phi) is 5.92. The smallest absolute Gasteiger partial charge is 0.335 e. The number of carboxylic acid groups (broad SMARTS) is 1. The van der Waals surface area contributed by atoms with Gasteiger partial charge in [0.15, 0.2) is 11.0 Å². The van der Waals surface area contributed by atoms with E-state index < -0.39 is 5.97 Å². The Morgan fingerprint density at radius 3 is 2.43 bits per heavy atom. The molecule has 0 atom stereocenters. The van der Waals surface area contributed by atoms with E-state index in [2.05, 4.69) is 15.5 Å².